The van der Waals surface area contributed by atoms with E-state index in [1.165, 1.54) is 17.5 Å². The molecule has 0 unspecified atom stereocenters. The lowest BCUT2D eigenvalue weighted by molar-refractivity contribution is 0.0953. The summed E-state index contributed by atoms with van der Waals surface area (Å²) in [5.74, 6) is -0.346. The van der Waals surface area contributed by atoms with Crippen molar-refractivity contribution in [1.82, 2.24) is 10.3 Å². The monoisotopic (exact) mass is 400 g/mol. The molecule has 1 aromatic carbocycles. The molecular weight excluding hydrogens is 380 g/mol. The highest BCUT2D eigenvalue weighted by Crippen LogP contribution is 2.33. The van der Waals surface area contributed by atoms with Crippen molar-refractivity contribution in [3.8, 4) is 0 Å². The molecule has 0 aliphatic rings. The molecule has 0 spiro atoms. The third-order valence-electron chi connectivity index (χ3n) is 4.26. The number of hydrogen-bond donors (Lipinski definition) is 1. The molecule has 2 heterocycles. The number of pyridine rings is 1. The zero-order chi connectivity index (χ0) is 19.4. The second kappa shape index (κ2) is 8.02. The molecule has 1 amide bonds. The zero-order valence-corrected chi connectivity index (χ0v) is 16.7. The number of aromatic nitrogens is 1. The van der Waals surface area contributed by atoms with Gasteiger partial charge in [0, 0.05) is 23.8 Å². The van der Waals surface area contributed by atoms with Gasteiger partial charge in [0.05, 0.1) is 10.5 Å². The molecule has 27 heavy (non-hydrogen) atoms. The largest absolute Gasteiger partial charge is 0.350 e. The van der Waals surface area contributed by atoms with Crippen LogP contribution in [0.15, 0.2) is 65.1 Å². The van der Waals surface area contributed by atoms with Crippen LogP contribution in [0.4, 0.5) is 0 Å². The van der Waals surface area contributed by atoms with Gasteiger partial charge < -0.3 is 5.32 Å². The molecule has 0 fully saturated rings. The predicted octanol–water partition coefficient (Wildman–Crippen LogP) is 3.70. The summed E-state index contributed by atoms with van der Waals surface area (Å²) in [6, 6.07) is 12.3. The van der Waals surface area contributed by atoms with Crippen LogP contribution >= 0.6 is 11.3 Å². The standard InChI is InChI=1S/C20H20N2O3S2/c1-14-7-8-15(2)18(11-14)27(24,25)19(17-6-4-10-26-17)13-22-20(23)16-5-3-9-21-12-16/h3-12,19H,13H2,1-2H3,(H,22,23)/t19-/m1/s1. The minimum Gasteiger partial charge on any atom is -0.350 e. The van der Waals surface area contributed by atoms with Gasteiger partial charge in [0.15, 0.2) is 9.84 Å². The molecule has 0 aliphatic carbocycles. The first-order chi connectivity index (χ1) is 12.9. The second-order valence-electron chi connectivity index (χ2n) is 6.27. The number of carbonyl (C=O) groups excluding carboxylic acids is 1. The fraction of sp³-hybridized carbons (Fsp3) is 0.200. The van der Waals surface area contributed by atoms with Crippen molar-refractivity contribution < 1.29 is 13.2 Å². The van der Waals surface area contributed by atoms with E-state index in [0.29, 0.717) is 20.9 Å². The summed E-state index contributed by atoms with van der Waals surface area (Å²) in [5.41, 5.74) is 1.97. The molecule has 5 nitrogen and oxygen atoms in total. The molecule has 3 aromatic rings. The lowest BCUT2D eigenvalue weighted by atomic mass is 10.2. The number of benzene rings is 1. The van der Waals surface area contributed by atoms with Crippen LogP contribution in [-0.4, -0.2) is 25.9 Å². The van der Waals surface area contributed by atoms with Crippen molar-refractivity contribution in [1.29, 1.82) is 0 Å². The van der Waals surface area contributed by atoms with Gasteiger partial charge in [0.25, 0.3) is 5.91 Å². The number of sulfone groups is 1. The number of thiophene rings is 1. The lowest BCUT2D eigenvalue weighted by Crippen LogP contribution is -2.31. The maximum atomic E-state index is 13.4. The molecule has 0 saturated carbocycles. The SMILES string of the molecule is Cc1ccc(C)c(S(=O)(=O)[C@H](CNC(=O)c2cccnc2)c2cccs2)c1. The van der Waals surface area contributed by atoms with Crippen molar-refractivity contribution in [2.75, 3.05) is 6.54 Å². The molecular formula is C20H20N2O3S2. The first-order valence-corrected chi connectivity index (χ1v) is 10.8. The van der Waals surface area contributed by atoms with E-state index in [-0.39, 0.29) is 12.5 Å². The van der Waals surface area contributed by atoms with Crippen LogP contribution in [-0.2, 0) is 9.84 Å². The van der Waals surface area contributed by atoms with Gasteiger partial charge in [-0.25, -0.2) is 8.42 Å². The van der Waals surface area contributed by atoms with Crippen LogP contribution in [0.2, 0.25) is 0 Å². The Kier molecular flexibility index (Phi) is 5.72. The Bertz CT molecular complexity index is 1030. The molecule has 1 N–H and O–H groups in total. The van der Waals surface area contributed by atoms with Gasteiger partial charge in [0.2, 0.25) is 0 Å². The normalized spacial score (nSPS) is 12.5. The Morgan fingerprint density at radius 1 is 1.19 bits per heavy atom. The van der Waals surface area contributed by atoms with E-state index in [9.17, 15) is 13.2 Å². The quantitative estimate of drug-likeness (QED) is 0.684. The van der Waals surface area contributed by atoms with Crippen molar-refractivity contribution in [2.24, 2.45) is 0 Å². The third-order valence-corrected chi connectivity index (χ3v) is 7.61. The van der Waals surface area contributed by atoms with Crippen LogP contribution in [0.1, 0.15) is 31.6 Å². The maximum Gasteiger partial charge on any atom is 0.252 e. The molecule has 3 rings (SSSR count). The Hall–Kier alpha value is -2.51. The highest BCUT2D eigenvalue weighted by Gasteiger charge is 2.31. The van der Waals surface area contributed by atoms with Crippen LogP contribution in [0.5, 0.6) is 0 Å². The number of amides is 1. The fourth-order valence-corrected chi connectivity index (χ4v) is 5.90. The minimum atomic E-state index is -3.67. The Labute approximate surface area is 163 Å². The number of nitrogens with one attached hydrogen (secondary N) is 1. The average molecular weight is 401 g/mol. The van der Waals surface area contributed by atoms with Gasteiger partial charge in [-0.2, -0.15) is 0 Å². The Morgan fingerprint density at radius 2 is 2.00 bits per heavy atom. The lowest BCUT2D eigenvalue weighted by Gasteiger charge is -2.19. The van der Waals surface area contributed by atoms with Crippen molar-refractivity contribution >= 4 is 27.1 Å². The van der Waals surface area contributed by atoms with Gasteiger partial charge in [-0.3, -0.25) is 9.78 Å². The van der Waals surface area contributed by atoms with Crippen LogP contribution < -0.4 is 5.32 Å². The molecule has 140 valence electrons. The number of nitrogens with zero attached hydrogens (tertiary/aromatic N) is 1. The van der Waals surface area contributed by atoms with Gasteiger partial charge in [-0.15, -0.1) is 11.3 Å². The van der Waals surface area contributed by atoms with Crippen LogP contribution in [0.3, 0.4) is 0 Å². The van der Waals surface area contributed by atoms with Crippen molar-refractivity contribution in [3.63, 3.8) is 0 Å². The molecule has 0 radical (unpaired) electrons. The predicted molar refractivity (Wildman–Crippen MR) is 107 cm³/mol. The molecule has 0 bridgehead atoms. The molecule has 0 saturated heterocycles. The summed E-state index contributed by atoms with van der Waals surface area (Å²) < 4.78 is 26.8. The number of aryl methyl sites for hydroxylation is 2. The number of rotatable bonds is 6. The number of carbonyl (C=O) groups is 1. The maximum absolute atomic E-state index is 13.4. The van der Waals surface area contributed by atoms with E-state index in [2.05, 4.69) is 10.3 Å². The van der Waals surface area contributed by atoms with E-state index in [1.54, 1.807) is 37.4 Å². The third kappa shape index (κ3) is 4.26. The fourth-order valence-electron chi connectivity index (χ4n) is 2.79. The van der Waals surface area contributed by atoms with E-state index >= 15 is 0 Å². The Morgan fingerprint density at radius 3 is 2.67 bits per heavy atom. The topological polar surface area (TPSA) is 76.1 Å². The summed E-state index contributed by atoms with van der Waals surface area (Å²) in [4.78, 5) is 17.3. The second-order valence-corrected chi connectivity index (χ2v) is 9.35. The minimum absolute atomic E-state index is 0.00996. The summed E-state index contributed by atoms with van der Waals surface area (Å²) in [7, 11) is -3.67. The highest BCUT2D eigenvalue weighted by molar-refractivity contribution is 7.92. The first-order valence-electron chi connectivity index (χ1n) is 8.42. The summed E-state index contributed by atoms with van der Waals surface area (Å²) in [6.45, 7) is 3.64. The van der Waals surface area contributed by atoms with Gasteiger partial charge in [0.1, 0.15) is 5.25 Å². The van der Waals surface area contributed by atoms with Gasteiger partial charge in [-0.1, -0.05) is 18.2 Å². The Balaban J connectivity index is 1.92. The van der Waals surface area contributed by atoms with Crippen molar-refractivity contribution in [2.45, 2.75) is 24.0 Å². The smallest absolute Gasteiger partial charge is 0.252 e. The summed E-state index contributed by atoms with van der Waals surface area (Å²) in [6.07, 6.45) is 3.03. The van der Waals surface area contributed by atoms with Gasteiger partial charge in [-0.05, 0) is 54.6 Å². The molecule has 1 atom stereocenters. The highest BCUT2D eigenvalue weighted by atomic mass is 32.2. The average Bonchev–Trinajstić information content (AvgIpc) is 3.18. The van der Waals surface area contributed by atoms with Crippen LogP contribution in [0, 0.1) is 13.8 Å². The molecule has 2 aromatic heterocycles. The van der Waals surface area contributed by atoms with Gasteiger partial charge >= 0.3 is 0 Å². The molecule has 0 aliphatic heterocycles. The van der Waals surface area contributed by atoms with E-state index in [4.69, 9.17) is 0 Å². The van der Waals surface area contributed by atoms with E-state index in [0.717, 1.165) is 5.56 Å². The van der Waals surface area contributed by atoms with E-state index < -0.39 is 15.1 Å². The zero-order valence-electron chi connectivity index (χ0n) is 15.0. The van der Waals surface area contributed by atoms with E-state index in [1.807, 2.05) is 30.5 Å². The molecule has 7 heteroatoms. The summed E-state index contributed by atoms with van der Waals surface area (Å²) >= 11 is 1.37. The van der Waals surface area contributed by atoms with Crippen molar-refractivity contribution in [3.05, 3.63) is 81.8 Å². The first kappa shape index (κ1) is 19.3. The number of hydrogen-bond acceptors (Lipinski definition) is 5. The van der Waals surface area contributed by atoms with Crippen LogP contribution in [0.25, 0.3) is 0 Å². The summed E-state index contributed by atoms with van der Waals surface area (Å²) in [5, 5.41) is 3.73.